The zero-order valence-electron chi connectivity index (χ0n) is 50.7. The van der Waals surface area contributed by atoms with E-state index in [-0.39, 0.29) is 24.7 Å². The fourth-order valence-corrected chi connectivity index (χ4v) is 12.3. The first-order chi connectivity index (χ1) is 42.5. The normalized spacial score (nSPS) is 16.8. The van der Waals surface area contributed by atoms with Crippen LogP contribution in [-0.2, 0) is 0 Å². The Labute approximate surface area is 511 Å². The Balaban J connectivity index is 0.000000114. The van der Waals surface area contributed by atoms with Crippen molar-refractivity contribution in [2.75, 3.05) is 46.2 Å². The van der Waals surface area contributed by atoms with Crippen LogP contribution in [0.25, 0.3) is 0 Å². The van der Waals surface area contributed by atoms with Gasteiger partial charge in [-0.05, 0) is 163 Å². The van der Waals surface area contributed by atoms with E-state index in [9.17, 15) is 0 Å². The van der Waals surface area contributed by atoms with Crippen molar-refractivity contribution in [3.05, 3.63) is 272 Å². The molecule has 7 aromatic carbocycles. The Morgan fingerprint density at radius 2 is 0.494 bits per heavy atom. The van der Waals surface area contributed by atoms with Crippen LogP contribution in [0, 0.1) is 27.7 Å². The molecule has 0 amide bonds. The summed E-state index contributed by atoms with van der Waals surface area (Å²) in [5.41, 5.74) is 15.6. The van der Waals surface area contributed by atoms with E-state index in [0.29, 0.717) is 0 Å². The summed E-state index contributed by atoms with van der Waals surface area (Å²) in [6, 6.07) is 73.3. The van der Waals surface area contributed by atoms with Gasteiger partial charge in [-0.15, -0.1) is 0 Å². The van der Waals surface area contributed by atoms with E-state index in [1.165, 1.54) is 50.7 Å². The Bertz CT molecular complexity index is 3790. The molecule has 0 bridgehead atoms. The number of anilines is 15. The highest BCUT2D eigenvalue weighted by Gasteiger charge is 2.40. The molecule has 0 N–H and O–H groups in total. The molecule has 4 aliphatic rings. The highest BCUT2D eigenvalue weighted by molar-refractivity contribution is 5.88. The monoisotopic (exact) mass is 1140 g/mol. The van der Waals surface area contributed by atoms with Gasteiger partial charge >= 0.3 is 0 Å². The van der Waals surface area contributed by atoms with Gasteiger partial charge in [-0.2, -0.15) is 0 Å². The van der Waals surface area contributed by atoms with Crippen LogP contribution < -0.4 is 39.2 Å². The predicted molar refractivity (Wildman–Crippen MR) is 358 cm³/mol. The molecule has 4 unspecified atom stereocenters. The lowest BCUT2D eigenvalue weighted by Gasteiger charge is -2.30. The minimum Gasteiger partial charge on any atom is -0.336 e. The lowest BCUT2D eigenvalue weighted by Crippen LogP contribution is -2.36. The molecular formula is C73H72N14. The average Bonchev–Trinajstić information content (AvgIpc) is 2.01. The fraction of sp³-hybridized carbons (Fsp3) is 0.178. The molecule has 0 aliphatic carbocycles. The number of hydrogen-bond acceptors (Lipinski definition) is 14. The molecular weight excluding hydrogens is 1070 g/mol. The second-order valence-corrected chi connectivity index (χ2v) is 22.0. The number of hydrogen-bond donors (Lipinski definition) is 0. The van der Waals surface area contributed by atoms with Gasteiger partial charge in [0.2, 0.25) is 0 Å². The Morgan fingerprint density at radius 3 is 0.931 bits per heavy atom. The quantitative estimate of drug-likeness (QED) is 0.151. The maximum absolute atomic E-state index is 4.67. The predicted octanol–water partition coefficient (Wildman–Crippen LogP) is 17.2. The van der Waals surface area contributed by atoms with Crippen molar-refractivity contribution in [1.82, 2.24) is 29.9 Å². The van der Waals surface area contributed by atoms with Crippen molar-refractivity contribution < 1.29 is 0 Å². The zero-order valence-corrected chi connectivity index (χ0v) is 50.7. The van der Waals surface area contributed by atoms with Crippen molar-refractivity contribution in [2.24, 2.45) is 0 Å². The summed E-state index contributed by atoms with van der Waals surface area (Å²) >= 11 is 0. The molecule has 87 heavy (non-hydrogen) atoms. The van der Waals surface area contributed by atoms with Gasteiger partial charge in [0.1, 0.15) is 24.7 Å². The van der Waals surface area contributed by atoms with Crippen molar-refractivity contribution >= 4 is 86.1 Å². The second kappa shape index (κ2) is 24.9. The van der Waals surface area contributed by atoms with Crippen LogP contribution in [0.4, 0.5) is 86.1 Å². The number of rotatable bonds is 7. The maximum atomic E-state index is 4.67. The van der Waals surface area contributed by atoms with Crippen molar-refractivity contribution in [2.45, 2.75) is 80.1 Å². The highest BCUT2D eigenvalue weighted by Crippen LogP contribution is 2.50. The summed E-state index contributed by atoms with van der Waals surface area (Å²) in [4.78, 5) is 45.6. The van der Waals surface area contributed by atoms with Crippen molar-refractivity contribution in [1.29, 1.82) is 0 Å². The molecule has 0 saturated carbocycles. The van der Waals surface area contributed by atoms with E-state index in [1.807, 2.05) is 42.7 Å². The SMILES string of the molecule is Cc1ccccc1N1c2cccnc2N(c2ccccc2)C1C.Cc1ccccc1N1c2ncccc2N(c2ccccc2)C1C.Cc1ccccc1N1c2nccnc2N(C)C1C.Cc1ccccc1N1c2nccnc2N(c2ccccc2)C1C. The van der Waals surface area contributed by atoms with E-state index in [4.69, 9.17) is 0 Å². The lowest BCUT2D eigenvalue weighted by molar-refractivity contribution is 0.726. The average molecular weight is 1150 g/mol. The molecule has 14 nitrogen and oxygen atoms in total. The van der Waals surface area contributed by atoms with E-state index in [0.717, 1.165) is 57.7 Å². The molecule has 0 radical (unpaired) electrons. The van der Waals surface area contributed by atoms with Crippen LogP contribution in [0.15, 0.2) is 250 Å². The van der Waals surface area contributed by atoms with Gasteiger partial charge in [-0.1, -0.05) is 127 Å². The molecule has 0 fully saturated rings. The first-order valence-corrected chi connectivity index (χ1v) is 29.7. The van der Waals surface area contributed by atoms with Crippen LogP contribution in [-0.4, -0.2) is 61.6 Å². The van der Waals surface area contributed by atoms with E-state index >= 15 is 0 Å². The number of benzene rings is 7. The summed E-state index contributed by atoms with van der Waals surface area (Å²) in [6.07, 6.45) is 11.4. The summed E-state index contributed by atoms with van der Waals surface area (Å²) in [5.74, 6) is 5.69. The van der Waals surface area contributed by atoms with Crippen LogP contribution in [0.5, 0.6) is 0 Å². The molecule has 8 heterocycles. The zero-order chi connectivity index (χ0) is 60.1. The molecule has 4 atom stereocenters. The molecule has 15 rings (SSSR count). The van der Waals surface area contributed by atoms with Gasteiger partial charge < -0.3 is 39.2 Å². The molecule has 14 heteroatoms. The number of fused-ring (bicyclic) bond motifs is 4. The summed E-state index contributed by atoms with van der Waals surface area (Å²) in [5, 5.41) is 0. The Kier molecular flexibility index (Phi) is 16.3. The third-order valence-corrected chi connectivity index (χ3v) is 16.6. The Morgan fingerprint density at radius 1 is 0.230 bits per heavy atom. The van der Waals surface area contributed by atoms with Crippen LogP contribution in [0.2, 0.25) is 0 Å². The molecule has 0 spiro atoms. The fourth-order valence-electron chi connectivity index (χ4n) is 12.3. The van der Waals surface area contributed by atoms with Gasteiger partial charge in [0, 0.05) is 84.0 Å². The minimum absolute atomic E-state index is 0.107. The van der Waals surface area contributed by atoms with Crippen LogP contribution in [0.3, 0.4) is 0 Å². The molecule has 434 valence electrons. The highest BCUT2D eigenvalue weighted by atomic mass is 15.5. The smallest absolute Gasteiger partial charge is 0.178 e. The molecule has 11 aromatic rings. The van der Waals surface area contributed by atoms with Gasteiger partial charge in [0.05, 0.1) is 11.4 Å². The third-order valence-electron chi connectivity index (χ3n) is 16.6. The molecule has 4 aromatic heterocycles. The van der Waals surface area contributed by atoms with E-state index in [2.05, 4.69) is 314 Å². The standard InChI is InChI=1S/2C20H19N3.C19H18N4.C14H16N4/c1-15-9-6-7-12-18(15)23-16(2)22(17-10-4-3-5-11-17)20-19(23)13-8-14-21-20;1-15-9-6-7-12-18(15)23-16(2)22(17-10-4-3-5-11-17)19-13-8-14-21-20(19)23;1-14-8-6-7-11-17(14)23-15(2)22(16-9-4-3-5-10-16)18-19(23)21-13-12-20-18;1-10-6-4-5-7-12(10)18-11(2)17(3)13-14(18)16-9-8-15-13/h2*3-14,16H,1-2H3;3-13,15H,1-2H3;4-9,11H,1-3H3. The summed E-state index contributed by atoms with van der Waals surface area (Å²) in [7, 11) is 2.05. The second-order valence-electron chi connectivity index (χ2n) is 22.0. The lowest BCUT2D eigenvalue weighted by atomic mass is 10.1. The number of aromatic nitrogens is 6. The van der Waals surface area contributed by atoms with Crippen LogP contribution >= 0.6 is 0 Å². The van der Waals surface area contributed by atoms with Gasteiger partial charge in [-0.3, -0.25) is 0 Å². The number of para-hydroxylation sites is 7. The minimum atomic E-state index is 0.107. The van der Waals surface area contributed by atoms with E-state index < -0.39 is 0 Å². The number of pyridine rings is 2. The molecule has 4 aliphatic heterocycles. The number of nitrogens with zero attached hydrogens (tertiary/aromatic N) is 14. The third kappa shape index (κ3) is 10.9. The van der Waals surface area contributed by atoms with E-state index in [1.54, 1.807) is 24.8 Å². The summed E-state index contributed by atoms with van der Waals surface area (Å²) < 4.78 is 0. The first kappa shape index (κ1) is 56.9. The van der Waals surface area contributed by atoms with Gasteiger partial charge in [-0.25, -0.2) is 29.9 Å². The first-order valence-electron chi connectivity index (χ1n) is 29.7. The number of aryl methyl sites for hydroxylation is 4. The Hall–Kier alpha value is -10.6. The topological polar surface area (TPSA) is 103 Å². The van der Waals surface area contributed by atoms with Crippen molar-refractivity contribution in [3.63, 3.8) is 0 Å². The van der Waals surface area contributed by atoms with Crippen LogP contribution in [0.1, 0.15) is 49.9 Å². The maximum Gasteiger partial charge on any atom is 0.178 e. The summed E-state index contributed by atoms with van der Waals surface area (Å²) in [6.45, 7) is 17.3. The van der Waals surface area contributed by atoms with Gasteiger partial charge in [0.25, 0.3) is 0 Å². The largest absolute Gasteiger partial charge is 0.336 e. The van der Waals surface area contributed by atoms with Gasteiger partial charge in [0.15, 0.2) is 34.9 Å². The van der Waals surface area contributed by atoms with Crippen molar-refractivity contribution in [3.8, 4) is 0 Å². The molecule has 0 saturated heterocycles.